The number of rotatable bonds is 17. The second kappa shape index (κ2) is 17.7. The van der Waals surface area contributed by atoms with E-state index in [0.717, 1.165) is 38.5 Å². The third-order valence-electron chi connectivity index (χ3n) is 4.37. The Labute approximate surface area is 153 Å². The Morgan fingerprint density at radius 1 is 0.920 bits per heavy atom. The lowest BCUT2D eigenvalue weighted by Crippen LogP contribution is -2.23. The van der Waals surface area contributed by atoms with Gasteiger partial charge in [-0.2, -0.15) is 0 Å². The van der Waals surface area contributed by atoms with Gasteiger partial charge in [-0.05, 0) is 44.9 Å². The van der Waals surface area contributed by atoms with Crippen molar-refractivity contribution in [3.05, 3.63) is 24.3 Å². The molecule has 0 fully saturated rings. The van der Waals surface area contributed by atoms with Crippen LogP contribution < -0.4 is 0 Å². The third-order valence-corrected chi connectivity index (χ3v) is 4.37. The first-order chi connectivity index (χ1) is 12.1. The SMILES string of the molecule is CCCCC/C=C/C/C=C/CCCCCCC(CC(O)CO)C(=O)O. The number of aliphatic hydroxyl groups is 2. The Hall–Kier alpha value is -1.13. The maximum absolute atomic E-state index is 11.1. The minimum Gasteiger partial charge on any atom is -0.481 e. The summed E-state index contributed by atoms with van der Waals surface area (Å²) >= 11 is 0. The molecule has 0 aliphatic heterocycles. The van der Waals surface area contributed by atoms with Gasteiger partial charge in [0, 0.05) is 0 Å². The summed E-state index contributed by atoms with van der Waals surface area (Å²) in [7, 11) is 0. The van der Waals surface area contributed by atoms with E-state index in [2.05, 4.69) is 31.2 Å². The average molecular weight is 355 g/mol. The summed E-state index contributed by atoms with van der Waals surface area (Å²) in [6.07, 6.45) is 20.0. The molecule has 2 atom stereocenters. The normalized spacial score (nSPS) is 14.4. The van der Waals surface area contributed by atoms with E-state index in [0.29, 0.717) is 6.42 Å². The Balaban J connectivity index is 3.55. The molecule has 0 aromatic rings. The molecule has 0 amide bonds. The quantitative estimate of drug-likeness (QED) is 0.258. The van der Waals surface area contributed by atoms with Gasteiger partial charge in [0.05, 0.1) is 18.6 Å². The fraction of sp³-hybridized carbons (Fsp3) is 0.762. The van der Waals surface area contributed by atoms with E-state index in [1.54, 1.807) is 0 Å². The minimum absolute atomic E-state index is 0.139. The number of aliphatic hydroxyl groups excluding tert-OH is 2. The summed E-state index contributed by atoms with van der Waals surface area (Å²) in [5.41, 5.74) is 0. The molecule has 0 saturated carbocycles. The molecule has 0 rings (SSSR count). The second-order valence-electron chi connectivity index (χ2n) is 6.77. The summed E-state index contributed by atoms with van der Waals surface area (Å²) in [6.45, 7) is 1.85. The van der Waals surface area contributed by atoms with Crippen molar-refractivity contribution in [2.45, 2.75) is 90.1 Å². The lowest BCUT2D eigenvalue weighted by Gasteiger charge is -2.14. The Kier molecular flexibility index (Phi) is 16.9. The number of carbonyl (C=O) groups is 1. The highest BCUT2D eigenvalue weighted by Gasteiger charge is 2.20. The van der Waals surface area contributed by atoms with Crippen molar-refractivity contribution in [1.82, 2.24) is 0 Å². The molecule has 4 nitrogen and oxygen atoms in total. The summed E-state index contributed by atoms with van der Waals surface area (Å²) in [4.78, 5) is 11.1. The highest BCUT2D eigenvalue weighted by atomic mass is 16.4. The van der Waals surface area contributed by atoms with Crippen LogP contribution >= 0.6 is 0 Å². The summed E-state index contributed by atoms with van der Waals surface area (Å²) < 4.78 is 0. The van der Waals surface area contributed by atoms with Crippen LogP contribution in [0.1, 0.15) is 84.0 Å². The molecule has 0 aliphatic rings. The van der Waals surface area contributed by atoms with Crippen LogP contribution in [0.4, 0.5) is 0 Å². The topological polar surface area (TPSA) is 77.8 Å². The fourth-order valence-electron chi connectivity index (χ4n) is 2.77. The molecule has 0 aromatic heterocycles. The Bertz CT molecular complexity index is 363. The molecular formula is C21H38O4. The molecule has 3 N–H and O–H groups in total. The highest BCUT2D eigenvalue weighted by Crippen LogP contribution is 2.17. The Morgan fingerprint density at radius 3 is 2.08 bits per heavy atom. The molecule has 146 valence electrons. The lowest BCUT2D eigenvalue weighted by molar-refractivity contribution is -0.143. The fourth-order valence-corrected chi connectivity index (χ4v) is 2.77. The van der Waals surface area contributed by atoms with E-state index in [9.17, 15) is 9.90 Å². The molecule has 0 aromatic carbocycles. The highest BCUT2D eigenvalue weighted by molar-refractivity contribution is 5.69. The minimum atomic E-state index is -0.924. The monoisotopic (exact) mass is 354 g/mol. The Morgan fingerprint density at radius 2 is 1.52 bits per heavy atom. The zero-order valence-corrected chi connectivity index (χ0v) is 15.9. The van der Waals surface area contributed by atoms with E-state index in [4.69, 9.17) is 10.2 Å². The standard InChI is InChI=1S/C21H38O4/c1-2-3-4-5-6-7-8-9-10-11-12-13-14-15-16-19(21(24)25)17-20(23)18-22/h6-7,9-10,19-20,22-23H,2-5,8,11-18H2,1H3,(H,24,25)/b7-6+,10-9+. The summed E-state index contributed by atoms with van der Waals surface area (Å²) in [6, 6.07) is 0. The number of unbranched alkanes of at least 4 members (excludes halogenated alkanes) is 7. The van der Waals surface area contributed by atoms with Crippen LogP contribution in [0.15, 0.2) is 24.3 Å². The van der Waals surface area contributed by atoms with Crippen LogP contribution in [0.25, 0.3) is 0 Å². The van der Waals surface area contributed by atoms with Gasteiger partial charge in [0.1, 0.15) is 0 Å². The van der Waals surface area contributed by atoms with Crippen LogP contribution in [0.5, 0.6) is 0 Å². The van der Waals surface area contributed by atoms with Crippen molar-refractivity contribution in [2.75, 3.05) is 6.61 Å². The van der Waals surface area contributed by atoms with Crippen molar-refractivity contribution in [1.29, 1.82) is 0 Å². The maximum Gasteiger partial charge on any atom is 0.306 e. The predicted octanol–water partition coefficient (Wildman–Crippen LogP) is 4.85. The van der Waals surface area contributed by atoms with Crippen molar-refractivity contribution < 1.29 is 20.1 Å². The molecule has 25 heavy (non-hydrogen) atoms. The molecule has 2 unspecified atom stereocenters. The van der Waals surface area contributed by atoms with Gasteiger partial charge in [-0.15, -0.1) is 0 Å². The lowest BCUT2D eigenvalue weighted by atomic mass is 9.95. The first-order valence-corrected chi connectivity index (χ1v) is 9.93. The van der Waals surface area contributed by atoms with Crippen molar-refractivity contribution in [2.24, 2.45) is 5.92 Å². The van der Waals surface area contributed by atoms with E-state index in [1.165, 1.54) is 25.7 Å². The van der Waals surface area contributed by atoms with Crippen molar-refractivity contribution in [3.63, 3.8) is 0 Å². The molecule has 0 radical (unpaired) electrons. The number of hydrogen-bond acceptors (Lipinski definition) is 3. The van der Waals surface area contributed by atoms with E-state index < -0.39 is 18.0 Å². The molecule has 0 bridgehead atoms. The van der Waals surface area contributed by atoms with E-state index in [1.807, 2.05) is 0 Å². The van der Waals surface area contributed by atoms with Gasteiger partial charge in [0.15, 0.2) is 0 Å². The van der Waals surface area contributed by atoms with Gasteiger partial charge in [-0.1, -0.05) is 63.3 Å². The molecule has 0 aliphatic carbocycles. The number of aliphatic carboxylic acids is 1. The van der Waals surface area contributed by atoms with Gasteiger partial charge in [-0.25, -0.2) is 0 Å². The van der Waals surface area contributed by atoms with Crippen molar-refractivity contribution >= 4 is 5.97 Å². The second-order valence-corrected chi connectivity index (χ2v) is 6.77. The molecule has 4 heteroatoms. The van der Waals surface area contributed by atoms with E-state index >= 15 is 0 Å². The van der Waals surface area contributed by atoms with Gasteiger partial charge in [0.2, 0.25) is 0 Å². The number of carboxylic acid groups (broad SMARTS) is 1. The van der Waals surface area contributed by atoms with Gasteiger partial charge >= 0.3 is 5.97 Å². The van der Waals surface area contributed by atoms with Crippen LogP contribution in [0.3, 0.4) is 0 Å². The largest absolute Gasteiger partial charge is 0.481 e. The first-order valence-electron chi connectivity index (χ1n) is 9.93. The molecule has 0 saturated heterocycles. The van der Waals surface area contributed by atoms with Gasteiger partial charge < -0.3 is 15.3 Å². The predicted molar refractivity (Wildman–Crippen MR) is 104 cm³/mol. The molecule has 0 heterocycles. The van der Waals surface area contributed by atoms with Gasteiger partial charge in [0.25, 0.3) is 0 Å². The number of allylic oxidation sites excluding steroid dienone is 4. The van der Waals surface area contributed by atoms with Crippen LogP contribution in [0.2, 0.25) is 0 Å². The summed E-state index contributed by atoms with van der Waals surface area (Å²) in [5.74, 6) is -1.43. The molecular weight excluding hydrogens is 316 g/mol. The van der Waals surface area contributed by atoms with Crippen molar-refractivity contribution in [3.8, 4) is 0 Å². The zero-order valence-electron chi connectivity index (χ0n) is 15.9. The third kappa shape index (κ3) is 16.1. The van der Waals surface area contributed by atoms with Gasteiger partial charge in [-0.3, -0.25) is 4.79 Å². The summed E-state index contributed by atoms with van der Waals surface area (Å²) in [5, 5.41) is 27.3. The van der Waals surface area contributed by atoms with Crippen LogP contribution in [0, 0.1) is 5.92 Å². The van der Waals surface area contributed by atoms with Crippen LogP contribution in [-0.4, -0.2) is 34.0 Å². The average Bonchev–Trinajstić information content (AvgIpc) is 2.60. The first kappa shape index (κ1) is 23.9. The van der Waals surface area contributed by atoms with Crippen LogP contribution in [-0.2, 0) is 4.79 Å². The zero-order chi connectivity index (χ0) is 18.8. The number of hydrogen-bond donors (Lipinski definition) is 3. The molecule has 0 spiro atoms. The smallest absolute Gasteiger partial charge is 0.306 e. The van der Waals surface area contributed by atoms with E-state index in [-0.39, 0.29) is 13.0 Å². The maximum atomic E-state index is 11.1. The number of carboxylic acids is 1.